The van der Waals surface area contributed by atoms with Gasteiger partial charge in [-0.05, 0) is 67.4 Å². The van der Waals surface area contributed by atoms with E-state index in [2.05, 4.69) is 20.5 Å². The molecule has 2 unspecified atom stereocenters. The predicted octanol–water partition coefficient (Wildman–Crippen LogP) is 4.58. The van der Waals surface area contributed by atoms with Crippen molar-refractivity contribution in [1.29, 1.82) is 0 Å². The molecule has 168 valence electrons. The van der Waals surface area contributed by atoms with Crippen LogP contribution in [-0.2, 0) is 10.0 Å². The van der Waals surface area contributed by atoms with Gasteiger partial charge >= 0.3 is 0 Å². The van der Waals surface area contributed by atoms with Gasteiger partial charge in [0.2, 0.25) is 0 Å². The van der Waals surface area contributed by atoms with E-state index in [1.54, 1.807) is 48.7 Å². The normalized spacial score (nSPS) is 18.9. The molecular formula is C24H23N5O3S. The van der Waals surface area contributed by atoms with Gasteiger partial charge in [-0.3, -0.25) is 0 Å². The van der Waals surface area contributed by atoms with E-state index in [0.29, 0.717) is 11.3 Å². The molecule has 1 saturated heterocycles. The van der Waals surface area contributed by atoms with Crippen LogP contribution in [0.2, 0.25) is 0 Å². The molecule has 0 radical (unpaired) electrons. The highest BCUT2D eigenvalue weighted by Gasteiger charge is 2.28. The fourth-order valence-corrected chi connectivity index (χ4v) is 5.81. The summed E-state index contributed by atoms with van der Waals surface area (Å²) in [7, 11) is -3.77. The average Bonchev–Trinajstić information content (AvgIpc) is 3.30. The van der Waals surface area contributed by atoms with Crippen LogP contribution in [0.25, 0.3) is 11.0 Å². The molecule has 1 aliphatic heterocycles. The van der Waals surface area contributed by atoms with Gasteiger partial charge in [0.1, 0.15) is 12.0 Å². The number of nitroso groups, excluding NO2 is 1. The molecule has 0 saturated carbocycles. The Morgan fingerprint density at radius 1 is 1.09 bits per heavy atom. The fraction of sp³-hybridized carbons (Fsp3) is 0.250. The van der Waals surface area contributed by atoms with Crippen molar-refractivity contribution in [3.05, 3.63) is 88.8 Å². The number of aryl methyl sites for hydroxylation is 1. The van der Waals surface area contributed by atoms with Gasteiger partial charge in [0.05, 0.1) is 10.6 Å². The summed E-state index contributed by atoms with van der Waals surface area (Å²) < 4.78 is 27.8. The third-order valence-electron chi connectivity index (χ3n) is 6.23. The van der Waals surface area contributed by atoms with Crippen LogP contribution in [0, 0.1) is 11.8 Å². The summed E-state index contributed by atoms with van der Waals surface area (Å²) >= 11 is 0. The Bertz CT molecular complexity index is 1430. The third-order valence-corrected chi connectivity index (χ3v) is 7.91. The number of fused-ring (bicyclic) bond motifs is 1. The second-order valence-corrected chi connectivity index (χ2v) is 10.2. The molecule has 3 heterocycles. The minimum absolute atomic E-state index is 0.0499. The van der Waals surface area contributed by atoms with Gasteiger partial charge in [-0.25, -0.2) is 22.4 Å². The first-order valence-corrected chi connectivity index (χ1v) is 12.2. The summed E-state index contributed by atoms with van der Waals surface area (Å²) in [5.74, 6) is 0.118. The van der Waals surface area contributed by atoms with E-state index in [9.17, 15) is 13.3 Å². The fourth-order valence-electron chi connectivity index (χ4n) is 4.51. The highest BCUT2D eigenvalue weighted by Crippen LogP contribution is 2.37. The van der Waals surface area contributed by atoms with E-state index in [1.807, 2.05) is 19.1 Å². The van der Waals surface area contributed by atoms with Crippen LogP contribution in [-0.4, -0.2) is 28.9 Å². The first kappa shape index (κ1) is 21.4. The predicted molar refractivity (Wildman–Crippen MR) is 126 cm³/mol. The molecule has 1 N–H and O–H groups in total. The average molecular weight is 462 g/mol. The Labute approximate surface area is 191 Å². The minimum Gasteiger partial charge on any atom is -0.310 e. The monoisotopic (exact) mass is 461 g/mol. The molecule has 1 fully saturated rings. The van der Waals surface area contributed by atoms with Crippen molar-refractivity contribution in [2.24, 2.45) is 5.18 Å². The topological polar surface area (TPSA) is 106 Å². The first-order valence-electron chi connectivity index (χ1n) is 10.8. The summed E-state index contributed by atoms with van der Waals surface area (Å²) in [5.41, 5.74) is 3.61. The van der Waals surface area contributed by atoms with Crippen LogP contribution in [0.5, 0.6) is 0 Å². The number of benzene rings is 2. The standard InChI is InChI=1S/C24H23N5O3S/c1-16-5-7-20(8-6-16)33(31,32)29-12-10-21-23(26-15-27-24(21)29)18-9-11-25-22(14-18)17-3-2-4-19(13-17)28-30/h2-8,10,12-13,15,18,22,25H,9,11,14H2,1H3. The number of nitrogens with zero attached hydrogens (tertiary/aromatic N) is 4. The van der Waals surface area contributed by atoms with Gasteiger partial charge < -0.3 is 5.32 Å². The Morgan fingerprint density at radius 3 is 2.70 bits per heavy atom. The lowest BCUT2D eigenvalue weighted by molar-refractivity contribution is 0.366. The molecule has 2 aromatic carbocycles. The summed E-state index contributed by atoms with van der Waals surface area (Å²) in [6.45, 7) is 2.70. The van der Waals surface area contributed by atoms with Crippen LogP contribution in [0.4, 0.5) is 5.69 Å². The van der Waals surface area contributed by atoms with E-state index in [1.165, 1.54) is 10.3 Å². The number of aromatic nitrogens is 3. The van der Waals surface area contributed by atoms with Crippen molar-refractivity contribution >= 4 is 26.7 Å². The smallest absolute Gasteiger partial charge is 0.269 e. The van der Waals surface area contributed by atoms with E-state index in [-0.39, 0.29) is 16.9 Å². The molecule has 5 rings (SSSR count). The van der Waals surface area contributed by atoms with Gasteiger partial charge in [0.15, 0.2) is 5.65 Å². The van der Waals surface area contributed by atoms with Crippen LogP contribution < -0.4 is 5.32 Å². The number of hydrogen-bond acceptors (Lipinski definition) is 7. The van der Waals surface area contributed by atoms with Gasteiger partial charge in [0, 0.05) is 23.5 Å². The summed E-state index contributed by atoms with van der Waals surface area (Å²) in [6, 6.07) is 15.9. The van der Waals surface area contributed by atoms with E-state index in [0.717, 1.165) is 41.6 Å². The lowest BCUT2D eigenvalue weighted by atomic mass is 9.85. The number of piperidine rings is 1. The molecule has 0 amide bonds. The molecule has 0 aliphatic carbocycles. The molecule has 2 aromatic heterocycles. The molecule has 2 atom stereocenters. The molecule has 4 aromatic rings. The Morgan fingerprint density at radius 2 is 1.91 bits per heavy atom. The second-order valence-electron chi connectivity index (χ2n) is 8.34. The summed E-state index contributed by atoms with van der Waals surface area (Å²) in [6.07, 6.45) is 4.62. The zero-order valence-electron chi connectivity index (χ0n) is 18.0. The molecular weight excluding hydrogens is 438 g/mol. The molecule has 8 nitrogen and oxygen atoms in total. The quantitative estimate of drug-likeness (QED) is 0.436. The highest BCUT2D eigenvalue weighted by atomic mass is 32.2. The number of nitrogens with one attached hydrogen (secondary N) is 1. The van der Waals surface area contributed by atoms with Gasteiger partial charge in [0.25, 0.3) is 10.0 Å². The Balaban J connectivity index is 1.50. The van der Waals surface area contributed by atoms with E-state index in [4.69, 9.17) is 0 Å². The van der Waals surface area contributed by atoms with Gasteiger partial charge in [-0.15, -0.1) is 4.91 Å². The first-order chi connectivity index (χ1) is 16.0. The second kappa shape index (κ2) is 8.49. The Kier molecular flexibility index (Phi) is 5.51. The largest absolute Gasteiger partial charge is 0.310 e. The zero-order valence-corrected chi connectivity index (χ0v) is 18.9. The van der Waals surface area contributed by atoms with Crippen molar-refractivity contribution in [3.8, 4) is 0 Å². The lowest BCUT2D eigenvalue weighted by Gasteiger charge is -2.30. The summed E-state index contributed by atoms with van der Waals surface area (Å²) in [5, 5.41) is 7.28. The van der Waals surface area contributed by atoms with Crippen molar-refractivity contribution in [2.75, 3.05) is 6.54 Å². The molecule has 0 bridgehead atoms. The maximum atomic E-state index is 13.3. The maximum Gasteiger partial charge on any atom is 0.269 e. The molecule has 33 heavy (non-hydrogen) atoms. The van der Waals surface area contributed by atoms with Crippen LogP contribution >= 0.6 is 0 Å². The van der Waals surface area contributed by atoms with Crippen molar-refractivity contribution < 1.29 is 8.42 Å². The van der Waals surface area contributed by atoms with Crippen molar-refractivity contribution in [1.82, 2.24) is 19.3 Å². The van der Waals surface area contributed by atoms with E-state index < -0.39 is 10.0 Å². The lowest BCUT2D eigenvalue weighted by Crippen LogP contribution is -2.31. The van der Waals surface area contributed by atoms with Crippen LogP contribution in [0.3, 0.4) is 0 Å². The molecule has 1 aliphatic rings. The summed E-state index contributed by atoms with van der Waals surface area (Å²) in [4.78, 5) is 20.0. The molecule has 9 heteroatoms. The van der Waals surface area contributed by atoms with E-state index >= 15 is 0 Å². The van der Waals surface area contributed by atoms with Crippen LogP contribution in [0.1, 0.15) is 41.6 Å². The van der Waals surface area contributed by atoms with Gasteiger partial charge in [-0.2, -0.15) is 0 Å². The highest BCUT2D eigenvalue weighted by molar-refractivity contribution is 7.90. The SMILES string of the molecule is Cc1ccc(S(=O)(=O)n2ccc3c(C4CCNC(c5cccc(N=O)c5)C4)ncnc32)cc1. The number of hydrogen-bond donors (Lipinski definition) is 1. The Hall–Kier alpha value is -3.43. The number of rotatable bonds is 5. The zero-order chi connectivity index (χ0) is 23.0. The maximum absolute atomic E-state index is 13.3. The van der Waals surface area contributed by atoms with Gasteiger partial charge in [-0.1, -0.05) is 29.8 Å². The molecule has 0 spiro atoms. The van der Waals surface area contributed by atoms with Crippen molar-refractivity contribution in [3.63, 3.8) is 0 Å². The van der Waals surface area contributed by atoms with Crippen molar-refractivity contribution in [2.45, 2.75) is 36.6 Å². The third kappa shape index (κ3) is 3.94. The van der Waals surface area contributed by atoms with Crippen LogP contribution in [0.15, 0.2) is 77.2 Å². The minimum atomic E-state index is -3.77.